The lowest BCUT2D eigenvalue weighted by atomic mass is 10.3. The fourth-order valence-electron chi connectivity index (χ4n) is 3.61. The molecule has 11 heteroatoms. The number of fused-ring (bicyclic) bond motifs is 1. The van der Waals surface area contributed by atoms with Gasteiger partial charge in [0.25, 0.3) is 0 Å². The predicted octanol–water partition coefficient (Wildman–Crippen LogP) is 3.49. The van der Waals surface area contributed by atoms with Gasteiger partial charge < -0.3 is 15.4 Å². The number of ether oxygens (including phenoxy) is 1. The zero-order valence-electron chi connectivity index (χ0n) is 18.5. The van der Waals surface area contributed by atoms with Gasteiger partial charge in [0.1, 0.15) is 12.4 Å². The summed E-state index contributed by atoms with van der Waals surface area (Å²) < 4.78 is 7.50. The second-order valence-corrected chi connectivity index (χ2v) is 9.22. The Morgan fingerprint density at radius 2 is 2.00 bits per heavy atom. The fourth-order valence-corrected chi connectivity index (χ4v) is 4.69. The molecule has 0 saturated carbocycles. The zero-order chi connectivity index (χ0) is 23.2. The first kappa shape index (κ1) is 22.9. The van der Waals surface area contributed by atoms with Crippen LogP contribution < -0.4 is 15.4 Å². The number of aromatic nitrogens is 5. The van der Waals surface area contributed by atoms with Gasteiger partial charge in [0.2, 0.25) is 5.95 Å². The average Bonchev–Trinajstić information content (AvgIpc) is 3.34. The van der Waals surface area contributed by atoms with E-state index in [2.05, 4.69) is 30.6 Å². The third kappa shape index (κ3) is 5.76. The first-order chi connectivity index (χ1) is 16.7. The van der Waals surface area contributed by atoms with Gasteiger partial charge in [0.05, 0.1) is 16.9 Å². The number of rotatable bonds is 9. The average molecular weight is 497 g/mol. The highest BCUT2D eigenvalue weighted by Crippen LogP contribution is 2.30. The number of piperazine rings is 1. The number of nitrogens with zero attached hydrogens (tertiary/aromatic N) is 6. The van der Waals surface area contributed by atoms with Crippen molar-refractivity contribution in [1.82, 2.24) is 34.8 Å². The SMILES string of the molecule is Clc1cc(Nc2nc(SCCN3CCNCC3)nc3ccnn23)ccc1OCc1ccccn1. The number of thioether (sulfide) groups is 1. The molecule has 0 radical (unpaired) electrons. The molecule has 3 aromatic heterocycles. The molecule has 5 rings (SSSR count). The number of hydrogen-bond acceptors (Lipinski definition) is 9. The van der Waals surface area contributed by atoms with Crippen LogP contribution in [-0.4, -0.2) is 67.9 Å². The molecule has 1 aromatic carbocycles. The van der Waals surface area contributed by atoms with Gasteiger partial charge in [-0.25, -0.2) is 4.98 Å². The lowest BCUT2D eigenvalue weighted by molar-refractivity contribution is 0.255. The van der Waals surface area contributed by atoms with Crippen LogP contribution in [0.3, 0.4) is 0 Å². The Balaban J connectivity index is 1.26. The molecule has 1 aliphatic heterocycles. The van der Waals surface area contributed by atoms with Gasteiger partial charge in [-0.3, -0.25) is 9.88 Å². The summed E-state index contributed by atoms with van der Waals surface area (Å²) in [7, 11) is 0. The summed E-state index contributed by atoms with van der Waals surface area (Å²) in [6.07, 6.45) is 3.45. The molecule has 176 valence electrons. The Labute approximate surface area is 206 Å². The molecule has 34 heavy (non-hydrogen) atoms. The monoisotopic (exact) mass is 496 g/mol. The highest BCUT2D eigenvalue weighted by molar-refractivity contribution is 7.99. The van der Waals surface area contributed by atoms with Crippen molar-refractivity contribution in [3.8, 4) is 5.75 Å². The minimum Gasteiger partial charge on any atom is -0.486 e. The molecule has 9 nitrogen and oxygen atoms in total. The lowest BCUT2D eigenvalue weighted by Gasteiger charge is -2.26. The van der Waals surface area contributed by atoms with Crippen LogP contribution in [0.1, 0.15) is 5.69 Å². The van der Waals surface area contributed by atoms with E-state index in [1.54, 1.807) is 28.7 Å². The fraction of sp³-hybridized carbons (Fsp3) is 0.304. The van der Waals surface area contributed by atoms with Crippen molar-refractivity contribution in [2.45, 2.75) is 11.8 Å². The van der Waals surface area contributed by atoms with Crippen molar-refractivity contribution < 1.29 is 4.74 Å². The van der Waals surface area contributed by atoms with E-state index < -0.39 is 0 Å². The number of hydrogen-bond donors (Lipinski definition) is 2. The van der Waals surface area contributed by atoms with E-state index in [1.807, 2.05) is 42.5 Å². The molecule has 0 amide bonds. The minimum atomic E-state index is 0.349. The Morgan fingerprint density at radius 3 is 2.82 bits per heavy atom. The van der Waals surface area contributed by atoms with Gasteiger partial charge in [0, 0.05) is 56.4 Å². The van der Waals surface area contributed by atoms with Crippen LogP contribution in [0.25, 0.3) is 5.65 Å². The highest BCUT2D eigenvalue weighted by atomic mass is 35.5. The van der Waals surface area contributed by atoms with Gasteiger partial charge in [0.15, 0.2) is 10.8 Å². The summed E-state index contributed by atoms with van der Waals surface area (Å²) in [4.78, 5) is 16.1. The molecule has 0 atom stereocenters. The van der Waals surface area contributed by atoms with Crippen molar-refractivity contribution in [2.75, 3.05) is 43.8 Å². The minimum absolute atomic E-state index is 0.349. The van der Waals surface area contributed by atoms with Crippen LogP contribution >= 0.6 is 23.4 Å². The molecule has 0 aliphatic carbocycles. The molecular formula is C23H25ClN8OS. The Bertz CT molecular complexity index is 1230. The number of benzene rings is 1. The van der Waals surface area contributed by atoms with E-state index in [-0.39, 0.29) is 0 Å². The maximum Gasteiger partial charge on any atom is 0.232 e. The van der Waals surface area contributed by atoms with Crippen LogP contribution in [0.15, 0.2) is 60.0 Å². The molecule has 4 heterocycles. The first-order valence-corrected chi connectivity index (χ1v) is 12.5. The Kier molecular flexibility index (Phi) is 7.40. The van der Waals surface area contributed by atoms with Crippen LogP contribution in [0, 0.1) is 0 Å². The topological polar surface area (TPSA) is 92.5 Å². The van der Waals surface area contributed by atoms with Crippen LogP contribution in [0.2, 0.25) is 5.02 Å². The first-order valence-electron chi connectivity index (χ1n) is 11.1. The van der Waals surface area contributed by atoms with E-state index in [9.17, 15) is 0 Å². The standard InChI is InChI=1S/C23H25ClN8OS/c24-19-15-17(4-5-20(19)33-16-18-3-1-2-7-26-18)28-22-30-23(29-21-6-8-27-32(21)22)34-14-13-31-11-9-25-10-12-31/h1-8,15,25H,9-14,16H2,(H,28,29,30). The zero-order valence-corrected chi connectivity index (χ0v) is 20.1. The second-order valence-electron chi connectivity index (χ2n) is 7.75. The van der Waals surface area contributed by atoms with Gasteiger partial charge in [-0.1, -0.05) is 29.4 Å². The quantitative estimate of drug-likeness (QED) is 0.338. The third-order valence-corrected chi connectivity index (χ3v) is 6.50. The van der Waals surface area contributed by atoms with Gasteiger partial charge in [-0.15, -0.1) is 0 Å². The molecule has 1 fully saturated rings. The largest absolute Gasteiger partial charge is 0.486 e. The summed E-state index contributed by atoms with van der Waals surface area (Å²) in [6, 6.07) is 13.1. The Hall–Kier alpha value is -2.92. The van der Waals surface area contributed by atoms with Crippen LogP contribution in [0.4, 0.5) is 11.6 Å². The normalized spacial score (nSPS) is 14.4. The number of anilines is 2. The van der Waals surface area contributed by atoms with Crippen molar-refractivity contribution in [3.05, 3.63) is 65.6 Å². The molecule has 1 saturated heterocycles. The lowest BCUT2D eigenvalue weighted by Crippen LogP contribution is -2.44. The van der Waals surface area contributed by atoms with Gasteiger partial charge >= 0.3 is 0 Å². The van der Waals surface area contributed by atoms with Crippen molar-refractivity contribution in [2.24, 2.45) is 0 Å². The van der Waals surface area contributed by atoms with E-state index in [1.165, 1.54) is 0 Å². The molecular weight excluding hydrogens is 472 g/mol. The van der Waals surface area contributed by atoms with E-state index in [4.69, 9.17) is 21.3 Å². The number of nitrogens with one attached hydrogen (secondary N) is 2. The summed E-state index contributed by atoms with van der Waals surface area (Å²) in [5.74, 6) is 2.10. The summed E-state index contributed by atoms with van der Waals surface area (Å²) in [5, 5.41) is 12.3. The molecule has 0 bridgehead atoms. The molecule has 0 unspecified atom stereocenters. The maximum absolute atomic E-state index is 6.48. The number of pyridine rings is 1. The Morgan fingerprint density at radius 1 is 1.09 bits per heavy atom. The van der Waals surface area contributed by atoms with Crippen LogP contribution in [-0.2, 0) is 6.61 Å². The summed E-state index contributed by atoms with van der Waals surface area (Å²) in [5.41, 5.74) is 2.36. The van der Waals surface area contributed by atoms with Crippen LogP contribution in [0.5, 0.6) is 5.75 Å². The van der Waals surface area contributed by atoms with Gasteiger partial charge in [-0.05, 0) is 30.3 Å². The second kappa shape index (κ2) is 11.0. The number of halogens is 1. The molecule has 2 N–H and O–H groups in total. The smallest absolute Gasteiger partial charge is 0.232 e. The molecule has 4 aromatic rings. The van der Waals surface area contributed by atoms with Crippen molar-refractivity contribution in [3.63, 3.8) is 0 Å². The van der Waals surface area contributed by atoms with Crippen molar-refractivity contribution >= 4 is 40.6 Å². The maximum atomic E-state index is 6.48. The summed E-state index contributed by atoms with van der Waals surface area (Å²) in [6.45, 7) is 5.62. The molecule has 0 spiro atoms. The third-order valence-electron chi connectivity index (χ3n) is 5.37. The van der Waals surface area contributed by atoms with E-state index in [0.29, 0.717) is 28.5 Å². The van der Waals surface area contributed by atoms with Crippen molar-refractivity contribution in [1.29, 1.82) is 0 Å². The highest BCUT2D eigenvalue weighted by Gasteiger charge is 2.13. The molecule has 1 aliphatic rings. The van der Waals surface area contributed by atoms with Gasteiger partial charge in [-0.2, -0.15) is 14.6 Å². The van der Waals surface area contributed by atoms with E-state index in [0.717, 1.165) is 55.5 Å². The van der Waals surface area contributed by atoms with E-state index >= 15 is 0 Å². The summed E-state index contributed by atoms with van der Waals surface area (Å²) >= 11 is 8.13. The predicted molar refractivity (Wildman–Crippen MR) is 134 cm³/mol.